The zero-order valence-electron chi connectivity index (χ0n) is 13.0. The molecular formula is C16H20N4O2. The maximum Gasteiger partial charge on any atom is 0.228 e. The molecule has 0 bridgehead atoms. The third-order valence-corrected chi connectivity index (χ3v) is 3.09. The summed E-state index contributed by atoms with van der Waals surface area (Å²) in [5.74, 6) is 1.73. The van der Waals surface area contributed by atoms with Crippen LogP contribution in [0.5, 0.6) is 5.75 Å². The Morgan fingerprint density at radius 2 is 1.82 bits per heavy atom. The van der Waals surface area contributed by atoms with Gasteiger partial charge in [0.1, 0.15) is 11.6 Å². The second kappa shape index (κ2) is 7.40. The number of hydrogen-bond donors (Lipinski definition) is 2. The number of carbonyl (C=O) groups is 1. The van der Waals surface area contributed by atoms with Crippen molar-refractivity contribution >= 4 is 17.5 Å². The van der Waals surface area contributed by atoms with E-state index >= 15 is 0 Å². The zero-order chi connectivity index (χ0) is 15.9. The lowest BCUT2D eigenvalue weighted by Gasteiger charge is -2.10. The number of para-hydroxylation sites is 1. The van der Waals surface area contributed by atoms with E-state index in [1.54, 1.807) is 19.2 Å². The SMILES string of the molecule is COc1ccccc1CNc1ccc(NC(=O)C(C)C)nn1. The Morgan fingerprint density at radius 1 is 1.14 bits per heavy atom. The van der Waals surface area contributed by atoms with Crippen LogP contribution in [-0.2, 0) is 11.3 Å². The molecule has 22 heavy (non-hydrogen) atoms. The number of nitrogens with one attached hydrogen (secondary N) is 2. The Kier molecular flexibility index (Phi) is 5.30. The predicted molar refractivity (Wildman–Crippen MR) is 85.8 cm³/mol. The van der Waals surface area contributed by atoms with Gasteiger partial charge in [-0.3, -0.25) is 4.79 Å². The van der Waals surface area contributed by atoms with Gasteiger partial charge in [0.05, 0.1) is 7.11 Å². The van der Waals surface area contributed by atoms with Crippen LogP contribution in [0.15, 0.2) is 36.4 Å². The van der Waals surface area contributed by atoms with E-state index in [9.17, 15) is 4.79 Å². The highest BCUT2D eigenvalue weighted by atomic mass is 16.5. The Labute approximate surface area is 129 Å². The minimum absolute atomic E-state index is 0.0796. The van der Waals surface area contributed by atoms with Gasteiger partial charge in [0.2, 0.25) is 5.91 Å². The summed E-state index contributed by atoms with van der Waals surface area (Å²) < 4.78 is 5.30. The number of anilines is 2. The van der Waals surface area contributed by atoms with Crippen LogP contribution in [0.2, 0.25) is 0 Å². The van der Waals surface area contributed by atoms with Gasteiger partial charge in [-0.05, 0) is 18.2 Å². The first-order valence-electron chi connectivity index (χ1n) is 7.10. The van der Waals surface area contributed by atoms with Gasteiger partial charge in [-0.15, -0.1) is 10.2 Å². The summed E-state index contributed by atoms with van der Waals surface area (Å²) in [5.41, 5.74) is 1.03. The van der Waals surface area contributed by atoms with E-state index in [0.717, 1.165) is 11.3 Å². The number of amides is 1. The van der Waals surface area contributed by atoms with Crippen molar-refractivity contribution in [2.24, 2.45) is 5.92 Å². The van der Waals surface area contributed by atoms with Gasteiger partial charge in [0, 0.05) is 18.0 Å². The van der Waals surface area contributed by atoms with Crippen LogP contribution >= 0.6 is 0 Å². The fourth-order valence-electron chi connectivity index (χ4n) is 1.80. The molecule has 0 aliphatic rings. The summed E-state index contributed by atoms with van der Waals surface area (Å²) in [6, 6.07) is 11.3. The number of ether oxygens (including phenoxy) is 1. The summed E-state index contributed by atoms with van der Waals surface area (Å²) in [5, 5.41) is 13.9. The number of hydrogen-bond acceptors (Lipinski definition) is 5. The number of carbonyl (C=O) groups excluding carboxylic acids is 1. The van der Waals surface area contributed by atoms with E-state index in [-0.39, 0.29) is 11.8 Å². The van der Waals surface area contributed by atoms with Gasteiger partial charge in [-0.2, -0.15) is 0 Å². The molecule has 2 aromatic rings. The second-order valence-corrected chi connectivity index (χ2v) is 5.11. The van der Waals surface area contributed by atoms with Crippen LogP contribution in [0.25, 0.3) is 0 Å². The molecule has 0 saturated carbocycles. The first kappa shape index (κ1) is 15.8. The number of benzene rings is 1. The van der Waals surface area contributed by atoms with E-state index < -0.39 is 0 Å². The standard InChI is InChI=1S/C16H20N4O2/c1-11(2)16(21)18-15-9-8-14(19-20-15)17-10-12-6-4-5-7-13(12)22-3/h4-9,11H,10H2,1-3H3,(H,17,19)(H,18,20,21). The molecular weight excluding hydrogens is 280 g/mol. The van der Waals surface area contributed by atoms with Crippen LogP contribution in [-0.4, -0.2) is 23.2 Å². The molecule has 0 spiro atoms. The number of aromatic nitrogens is 2. The Balaban J connectivity index is 1.95. The Hall–Kier alpha value is -2.63. The first-order valence-corrected chi connectivity index (χ1v) is 7.10. The highest BCUT2D eigenvalue weighted by Gasteiger charge is 2.08. The molecule has 1 aromatic heterocycles. The molecule has 1 amide bonds. The lowest BCUT2D eigenvalue weighted by molar-refractivity contribution is -0.118. The molecule has 0 unspecified atom stereocenters. The minimum atomic E-state index is -0.0925. The molecule has 0 aliphatic heterocycles. The molecule has 0 radical (unpaired) electrons. The predicted octanol–water partition coefficient (Wildman–Crippen LogP) is 2.69. The van der Waals surface area contributed by atoms with Crippen LogP contribution in [0.3, 0.4) is 0 Å². The monoisotopic (exact) mass is 300 g/mol. The largest absolute Gasteiger partial charge is 0.496 e. The third-order valence-electron chi connectivity index (χ3n) is 3.09. The van der Waals surface area contributed by atoms with Gasteiger partial charge in [-0.25, -0.2) is 0 Å². The maximum atomic E-state index is 11.6. The highest BCUT2D eigenvalue weighted by molar-refractivity contribution is 5.91. The fourth-order valence-corrected chi connectivity index (χ4v) is 1.80. The number of rotatable bonds is 6. The average Bonchev–Trinajstić information content (AvgIpc) is 2.54. The van der Waals surface area contributed by atoms with Crippen molar-refractivity contribution in [2.75, 3.05) is 17.7 Å². The summed E-state index contributed by atoms with van der Waals surface area (Å²) >= 11 is 0. The van der Waals surface area contributed by atoms with Gasteiger partial charge < -0.3 is 15.4 Å². The Morgan fingerprint density at radius 3 is 2.45 bits per heavy atom. The minimum Gasteiger partial charge on any atom is -0.496 e. The normalized spacial score (nSPS) is 10.4. The van der Waals surface area contributed by atoms with Crippen molar-refractivity contribution in [1.82, 2.24) is 10.2 Å². The summed E-state index contributed by atoms with van der Waals surface area (Å²) in [4.78, 5) is 11.6. The fraction of sp³-hybridized carbons (Fsp3) is 0.312. The smallest absolute Gasteiger partial charge is 0.228 e. The van der Waals surface area contributed by atoms with Crippen molar-refractivity contribution in [3.63, 3.8) is 0 Å². The lowest BCUT2D eigenvalue weighted by Crippen LogP contribution is -2.18. The van der Waals surface area contributed by atoms with E-state index in [1.807, 2.05) is 38.1 Å². The van der Waals surface area contributed by atoms with Gasteiger partial charge in [0.25, 0.3) is 0 Å². The zero-order valence-corrected chi connectivity index (χ0v) is 13.0. The van der Waals surface area contributed by atoms with Crippen LogP contribution in [0.1, 0.15) is 19.4 Å². The molecule has 0 fully saturated rings. The lowest BCUT2D eigenvalue weighted by atomic mass is 10.2. The molecule has 1 aromatic carbocycles. The van der Waals surface area contributed by atoms with Crippen molar-refractivity contribution in [3.05, 3.63) is 42.0 Å². The van der Waals surface area contributed by atoms with E-state index in [4.69, 9.17) is 4.74 Å². The average molecular weight is 300 g/mol. The highest BCUT2D eigenvalue weighted by Crippen LogP contribution is 2.18. The van der Waals surface area contributed by atoms with Crippen LogP contribution < -0.4 is 15.4 Å². The molecule has 0 saturated heterocycles. The molecule has 116 valence electrons. The summed E-state index contributed by atoms with van der Waals surface area (Å²) in [7, 11) is 1.64. The molecule has 0 aliphatic carbocycles. The topological polar surface area (TPSA) is 76.1 Å². The molecule has 6 heteroatoms. The molecule has 6 nitrogen and oxygen atoms in total. The van der Waals surface area contributed by atoms with Gasteiger partial charge >= 0.3 is 0 Å². The van der Waals surface area contributed by atoms with E-state index in [1.165, 1.54) is 0 Å². The maximum absolute atomic E-state index is 11.6. The molecule has 2 N–H and O–H groups in total. The summed E-state index contributed by atoms with van der Waals surface area (Å²) in [6.45, 7) is 4.23. The Bertz CT molecular complexity index is 626. The number of methoxy groups -OCH3 is 1. The van der Waals surface area contributed by atoms with Crippen molar-refractivity contribution in [2.45, 2.75) is 20.4 Å². The number of nitrogens with zero attached hydrogens (tertiary/aromatic N) is 2. The molecule has 2 rings (SSSR count). The molecule has 0 atom stereocenters. The first-order chi connectivity index (χ1) is 10.6. The second-order valence-electron chi connectivity index (χ2n) is 5.11. The van der Waals surface area contributed by atoms with Crippen molar-refractivity contribution < 1.29 is 9.53 Å². The quantitative estimate of drug-likeness (QED) is 0.858. The van der Waals surface area contributed by atoms with Gasteiger partial charge in [-0.1, -0.05) is 32.0 Å². The molecule has 1 heterocycles. The third kappa shape index (κ3) is 4.18. The van der Waals surface area contributed by atoms with Crippen molar-refractivity contribution in [3.8, 4) is 5.75 Å². The van der Waals surface area contributed by atoms with Gasteiger partial charge in [0.15, 0.2) is 5.82 Å². The van der Waals surface area contributed by atoms with E-state index in [0.29, 0.717) is 18.2 Å². The van der Waals surface area contributed by atoms with Crippen molar-refractivity contribution in [1.29, 1.82) is 0 Å². The van der Waals surface area contributed by atoms with Crippen LogP contribution in [0.4, 0.5) is 11.6 Å². The van der Waals surface area contributed by atoms with E-state index in [2.05, 4.69) is 20.8 Å². The summed E-state index contributed by atoms with van der Waals surface area (Å²) in [6.07, 6.45) is 0. The van der Waals surface area contributed by atoms with Crippen LogP contribution in [0, 0.1) is 5.92 Å².